The van der Waals surface area contributed by atoms with Crippen LogP contribution in [0.3, 0.4) is 0 Å². The molecule has 2 amide bonds. The molecule has 1 N–H and O–H groups in total. The molecule has 1 aliphatic carbocycles. The van der Waals surface area contributed by atoms with Crippen molar-refractivity contribution in [2.45, 2.75) is 64.6 Å². The van der Waals surface area contributed by atoms with E-state index in [1.54, 1.807) is 18.9 Å². The van der Waals surface area contributed by atoms with Crippen molar-refractivity contribution in [2.75, 3.05) is 13.7 Å². The van der Waals surface area contributed by atoms with E-state index in [0.717, 1.165) is 36.8 Å². The van der Waals surface area contributed by atoms with Crippen LogP contribution in [-0.2, 0) is 16.1 Å². The number of benzene rings is 2. The lowest BCUT2D eigenvalue weighted by molar-refractivity contribution is -0.142. The number of rotatable bonds is 9. The highest BCUT2D eigenvalue weighted by atomic mass is 16.5. The Balaban J connectivity index is 1.72. The van der Waals surface area contributed by atoms with Gasteiger partial charge < -0.3 is 19.7 Å². The van der Waals surface area contributed by atoms with Crippen LogP contribution in [0.5, 0.6) is 11.5 Å². The summed E-state index contributed by atoms with van der Waals surface area (Å²) in [6.45, 7) is 3.92. The summed E-state index contributed by atoms with van der Waals surface area (Å²) in [5.74, 6) is 0.994. The molecule has 32 heavy (non-hydrogen) atoms. The monoisotopic (exact) mass is 438 g/mol. The molecule has 1 saturated carbocycles. The van der Waals surface area contributed by atoms with E-state index in [0.29, 0.717) is 18.0 Å². The molecular weight excluding hydrogens is 404 g/mol. The Hall–Kier alpha value is -3.02. The second-order valence-electron chi connectivity index (χ2n) is 8.50. The van der Waals surface area contributed by atoms with Crippen LogP contribution in [0.1, 0.15) is 50.2 Å². The fourth-order valence-electron chi connectivity index (χ4n) is 4.05. The molecule has 2 aromatic rings. The molecule has 1 atom stereocenters. The summed E-state index contributed by atoms with van der Waals surface area (Å²) in [6.07, 6.45) is 5.49. The fraction of sp³-hybridized carbons (Fsp3) is 0.462. The third-order valence-corrected chi connectivity index (χ3v) is 5.96. The lowest BCUT2D eigenvalue weighted by Gasteiger charge is -2.31. The Morgan fingerprint density at radius 3 is 2.50 bits per heavy atom. The minimum absolute atomic E-state index is 0.122. The van der Waals surface area contributed by atoms with Gasteiger partial charge in [0.25, 0.3) is 5.91 Å². The number of hydrogen-bond acceptors (Lipinski definition) is 4. The minimum atomic E-state index is -0.614. The van der Waals surface area contributed by atoms with Crippen molar-refractivity contribution in [1.29, 1.82) is 0 Å². The van der Waals surface area contributed by atoms with Crippen molar-refractivity contribution in [3.8, 4) is 11.5 Å². The van der Waals surface area contributed by atoms with E-state index < -0.39 is 6.04 Å². The zero-order valence-electron chi connectivity index (χ0n) is 19.3. The van der Waals surface area contributed by atoms with Gasteiger partial charge >= 0.3 is 0 Å². The Kier molecular flexibility index (Phi) is 8.54. The molecule has 1 fully saturated rings. The van der Waals surface area contributed by atoms with E-state index in [4.69, 9.17) is 9.47 Å². The van der Waals surface area contributed by atoms with Crippen molar-refractivity contribution in [2.24, 2.45) is 0 Å². The molecule has 0 heterocycles. The maximum Gasteiger partial charge on any atom is 0.261 e. The number of hydrogen-bond donors (Lipinski definition) is 1. The number of aryl methyl sites for hydroxylation is 1. The number of nitrogens with zero attached hydrogens (tertiary/aromatic N) is 1. The lowest BCUT2D eigenvalue weighted by atomic mass is 9.95. The zero-order chi connectivity index (χ0) is 22.9. The smallest absolute Gasteiger partial charge is 0.261 e. The van der Waals surface area contributed by atoms with Gasteiger partial charge in [-0.1, -0.05) is 43.5 Å². The number of carbonyl (C=O) groups excluding carboxylic acids is 2. The molecule has 0 radical (unpaired) electrons. The van der Waals surface area contributed by atoms with Gasteiger partial charge in [-0.15, -0.1) is 0 Å². The lowest BCUT2D eigenvalue weighted by Crippen LogP contribution is -2.51. The van der Waals surface area contributed by atoms with Gasteiger partial charge in [-0.05, 0) is 62.1 Å². The molecule has 3 rings (SSSR count). The van der Waals surface area contributed by atoms with Gasteiger partial charge in [0.2, 0.25) is 5.91 Å². The van der Waals surface area contributed by atoms with Crippen LogP contribution in [0.4, 0.5) is 0 Å². The number of methoxy groups -OCH3 is 1. The van der Waals surface area contributed by atoms with Crippen LogP contribution in [0, 0.1) is 6.92 Å². The maximum absolute atomic E-state index is 13.2. The standard InChI is InChI=1S/C26H34N2O4/c1-19-9-7-14-24(15-19)32-18-25(29)28(17-21-10-8-13-23(16-21)31-3)20(2)26(30)27-22-11-5-4-6-12-22/h7-10,13-16,20,22H,4-6,11-12,17-18H2,1-3H3,(H,27,30). The van der Waals surface area contributed by atoms with Gasteiger partial charge in [-0.3, -0.25) is 9.59 Å². The first-order chi connectivity index (χ1) is 15.5. The summed E-state index contributed by atoms with van der Waals surface area (Å²) in [7, 11) is 1.61. The summed E-state index contributed by atoms with van der Waals surface area (Å²) in [5.41, 5.74) is 1.95. The normalized spacial score (nSPS) is 15.0. The third-order valence-electron chi connectivity index (χ3n) is 5.96. The van der Waals surface area contributed by atoms with E-state index in [2.05, 4.69) is 5.32 Å². The summed E-state index contributed by atoms with van der Waals surface area (Å²) in [4.78, 5) is 27.8. The highest BCUT2D eigenvalue weighted by Gasteiger charge is 2.28. The summed E-state index contributed by atoms with van der Waals surface area (Å²) in [6, 6.07) is 14.7. The molecule has 0 aromatic heterocycles. The van der Waals surface area contributed by atoms with Crippen LogP contribution in [0.25, 0.3) is 0 Å². The first-order valence-corrected chi connectivity index (χ1v) is 11.4. The topological polar surface area (TPSA) is 67.9 Å². The molecule has 1 unspecified atom stereocenters. The Morgan fingerprint density at radius 1 is 1.06 bits per heavy atom. The van der Waals surface area contributed by atoms with Crippen LogP contribution < -0.4 is 14.8 Å². The van der Waals surface area contributed by atoms with Gasteiger partial charge in [0.1, 0.15) is 17.5 Å². The van der Waals surface area contributed by atoms with Crippen molar-refractivity contribution in [3.63, 3.8) is 0 Å². The van der Waals surface area contributed by atoms with Crippen LogP contribution >= 0.6 is 0 Å². The largest absolute Gasteiger partial charge is 0.497 e. The van der Waals surface area contributed by atoms with Gasteiger partial charge in [0.15, 0.2) is 6.61 Å². The van der Waals surface area contributed by atoms with E-state index in [1.807, 2.05) is 55.5 Å². The minimum Gasteiger partial charge on any atom is -0.497 e. The van der Waals surface area contributed by atoms with E-state index >= 15 is 0 Å². The number of ether oxygens (including phenoxy) is 2. The van der Waals surface area contributed by atoms with Crippen LogP contribution in [0.15, 0.2) is 48.5 Å². The second kappa shape index (κ2) is 11.6. The maximum atomic E-state index is 13.2. The Labute approximate surface area is 190 Å². The molecule has 6 heteroatoms. The molecule has 0 saturated heterocycles. The van der Waals surface area contributed by atoms with Crippen molar-refractivity contribution in [1.82, 2.24) is 10.2 Å². The third kappa shape index (κ3) is 6.74. The molecule has 172 valence electrons. The molecule has 1 aliphatic rings. The predicted octanol–water partition coefficient (Wildman–Crippen LogP) is 4.25. The molecule has 0 aliphatic heterocycles. The summed E-state index contributed by atoms with van der Waals surface area (Å²) >= 11 is 0. The Morgan fingerprint density at radius 2 is 1.78 bits per heavy atom. The highest BCUT2D eigenvalue weighted by Crippen LogP contribution is 2.20. The molecule has 6 nitrogen and oxygen atoms in total. The average molecular weight is 439 g/mol. The van der Waals surface area contributed by atoms with Gasteiger partial charge in [0.05, 0.1) is 7.11 Å². The first-order valence-electron chi connectivity index (χ1n) is 11.4. The Bertz CT molecular complexity index is 908. The average Bonchev–Trinajstić information content (AvgIpc) is 2.81. The number of carbonyl (C=O) groups is 2. The van der Waals surface area contributed by atoms with Gasteiger partial charge in [-0.2, -0.15) is 0 Å². The van der Waals surface area contributed by atoms with Crippen molar-refractivity contribution < 1.29 is 19.1 Å². The van der Waals surface area contributed by atoms with Gasteiger partial charge in [0, 0.05) is 12.6 Å². The SMILES string of the molecule is COc1cccc(CN(C(=O)COc2cccc(C)c2)C(C)C(=O)NC2CCCCC2)c1. The molecular formula is C26H34N2O4. The molecule has 0 bridgehead atoms. The second-order valence-corrected chi connectivity index (χ2v) is 8.50. The zero-order valence-corrected chi connectivity index (χ0v) is 19.3. The van der Waals surface area contributed by atoms with E-state index in [-0.39, 0.29) is 24.5 Å². The molecule has 0 spiro atoms. The first kappa shape index (κ1) is 23.6. The van der Waals surface area contributed by atoms with Gasteiger partial charge in [-0.25, -0.2) is 0 Å². The number of amides is 2. The predicted molar refractivity (Wildman–Crippen MR) is 125 cm³/mol. The molecule has 2 aromatic carbocycles. The number of nitrogens with one attached hydrogen (secondary N) is 1. The van der Waals surface area contributed by atoms with E-state index in [9.17, 15) is 9.59 Å². The fourth-order valence-corrected chi connectivity index (χ4v) is 4.05. The highest BCUT2D eigenvalue weighted by molar-refractivity contribution is 5.88. The quantitative estimate of drug-likeness (QED) is 0.636. The van der Waals surface area contributed by atoms with E-state index in [1.165, 1.54) is 6.42 Å². The van der Waals surface area contributed by atoms with Crippen molar-refractivity contribution in [3.05, 3.63) is 59.7 Å². The summed E-state index contributed by atoms with van der Waals surface area (Å²) < 4.78 is 11.1. The van der Waals surface area contributed by atoms with Crippen LogP contribution in [-0.4, -0.2) is 42.5 Å². The summed E-state index contributed by atoms with van der Waals surface area (Å²) in [5, 5.41) is 3.15. The van der Waals surface area contributed by atoms with Crippen molar-refractivity contribution >= 4 is 11.8 Å². The van der Waals surface area contributed by atoms with Crippen LogP contribution in [0.2, 0.25) is 0 Å².